The van der Waals surface area contributed by atoms with E-state index in [-0.39, 0.29) is 5.92 Å². The van der Waals surface area contributed by atoms with Crippen LogP contribution in [0.15, 0.2) is 30.3 Å². The zero-order chi connectivity index (χ0) is 9.97. The van der Waals surface area contributed by atoms with E-state index in [1.807, 2.05) is 30.3 Å². The molecule has 0 radical (unpaired) electrons. The van der Waals surface area contributed by atoms with Crippen LogP contribution in [0, 0.1) is 5.92 Å². The van der Waals surface area contributed by atoms with Crippen LogP contribution in [-0.2, 0) is 9.53 Å². The molecule has 0 aliphatic carbocycles. The van der Waals surface area contributed by atoms with E-state index in [0.717, 1.165) is 5.56 Å². The summed E-state index contributed by atoms with van der Waals surface area (Å²) in [6.45, 7) is 0.843. The zero-order valence-electron chi connectivity index (χ0n) is 7.72. The summed E-state index contributed by atoms with van der Waals surface area (Å²) in [5.74, 6) is -1.15. The molecular formula is C11H12O3. The number of hydrogen-bond acceptors (Lipinski definition) is 2. The molecule has 0 saturated carbocycles. The maximum absolute atomic E-state index is 10.9. The van der Waals surface area contributed by atoms with Crippen molar-refractivity contribution in [1.82, 2.24) is 0 Å². The van der Waals surface area contributed by atoms with Gasteiger partial charge in [-0.15, -0.1) is 0 Å². The van der Waals surface area contributed by atoms with Gasteiger partial charge < -0.3 is 9.84 Å². The second-order valence-corrected chi connectivity index (χ2v) is 3.50. The first-order valence-corrected chi connectivity index (χ1v) is 4.64. The highest BCUT2D eigenvalue weighted by molar-refractivity contribution is 5.72. The first-order valence-electron chi connectivity index (χ1n) is 4.64. The Morgan fingerprint density at radius 2 is 2.00 bits per heavy atom. The lowest BCUT2D eigenvalue weighted by molar-refractivity contribution is -0.142. The molecule has 0 bridgehead atoms. The lowest BCUT2D eigenvalue weighted by Crippen LogP contribution is -2.20. The Labute approximate surface area is 82.3 Å². The van der Waals surface area contributed by atoms with E-state index in [2.05, 4.69) is 0 Å². The monoisotopic (exact) mass is 192 g/mol. The summed E-state index contributed by atoms with van der Waals surface area (Å²) >= 11 is 0. The van der Waals surface area contributed by atoms with Gasteiger partial charge in [-0.25, -0.2) is 0 Å². The second kappa shape index (κ2) is 3.80. The Kier molecular flexibility index (Phi) is 2.50. The molecule has 0 spiro atoms. The van der Waals surface area contributed by atoms with Crippen molar-refractivity contribution in [2.45, 2.75) is 5.92 Å². The highest BCUT2D eigenvalue weighted by Crippen LogP contribution is 2.30. The van der Waals surface area contributed by atoms with Crippen molar-refractivity contribution in [2.75, 3.05) is 13.2 Å². The molecule has 2 atom stereocenters. The number of benzene rings is 1. The molecule has 0 unspecified atom stereocenters. The molecule has 1 aromatic rings. The lowest BCUT2D eigenvalue weighted by Gasteiger charge is -2.13. The van der Waals surface area contributed by atoms with Crippen molar-refractivity contribution in [3.05, 3.63) is 35.9 Å². The highest BCUT2D eigenvalue weighted by atomic mass is 16.5. The average Bonchev–Trinajstić information content (AvgIpc) is 2.67. The number of rotatable bonds is 2. The Balaban J connectivity index is 2.22. The molecule has 1 fully saturated rings. The highest BCUT2D eigenvalue weighted by Gasteiger charge is 2.34. The van der Waals surface area contributed by atoms with Crippen LogP contribution in [0.2, 0.25) is 0 Å². The van der Waals surface area contributed by atoms with Gasteiger partial charge >= 0.3 is 5.97 Å². The standard InChI is InChI=1S/C11H12O3/c12-11(13)10-7-14-6-9(10)8-4-2-1-3-5-8/h1-5,9-10H,6-7H2,(H,12,13)/t9-,10-/m0/s1. The first kappa shape index (κ1) is 9.21. The molecule has 3 heteroatoms. The predicted molar refractivity (Wildman–Crippen MR) is 51.1 cm³/mol. The van der Waals surface area contributed by atoms with Crippen LogP contribution in [0.3, 0.4) is 0 Å². The molecule has 1 saturated heterocycles. The minimum Gasteiger partial charge on any atom is -0.481 e. The third kappa shape index (κ3) is 1.63. The molecule has 1 aliphatic heterocycles. The zero-order valence-corrected chi connectivity index (χ0v) is 7.72. The van der Waals surface area contributed by atoms with Gasteiger partial charge in [0.1, 0.15) is 0 Å². The third-order valence-corrected chi connectivity index (χ3v) is 2.63. The van der Waals surface area contributed by atoms with Gasteiger partial charge in [-0.2, -0.15) is 0 Å². The largest absolute Gasteiger partial charge is 0.481 e. The van der Waals surface area contributed by atoms with Crippen molar-refractivity contribution in [2.24, 2.45) is 5.92 Å². The van der Waals surface area contributed by atoms with E-state index in [9.17, 15) is 4.79 Å². The Bertz CT molecular complexity index is 321. The van der Waals surface area contributed by atoms with Crippen LogP contribution in [-0.4, -0.2) is 24.3 Å². The Morgan fingerprint density at radius 3 is 2.64 bits per heavy atom. The summed E-state index contributed by atoms with van der Waals surface area (Å²) in [6, 6.07) is 9.68. The molecule has 3 nitrogen and oxygen atoms in total. The quantitative estimate of drug-likeness (QED) is 0.772. The summed E-state index contributed by atoms with van der Waals surface area (Å²) in [5.41, 5.74) is 1.05. The second-order valence-electron chi connectivity index (χ2n) is 3.50. The van der Waals surface area contributed by atoms with Crippen LogP contribution in [0.4, 0.5) is 0 Å². The van der Waals surface area contributed by atoms with Gasteiger partial charge in [0.25, 0.3) is 0 Å². The summed E-state index contributed by atoms with van der Waals surface area (Å²) in [5, 5.41) is 8.96. The molecule has 2 rings (SSSR count). The molecule has 14 heavy (non-hydrogen) atoms. The first-order chi connectivity index (χ1) is 6.79. The van der Waals surface area contributed by atoms with Gasteiger partial charge in [0.2, 0.25) is 0 Å². The molecular weight excluding hydrogens is 180 g/mol. The molecule has 0 aromatic heterocycles. The molecule has 1 aliphatic rings. The van der Waals surface area contributed by atoms with E-state index in [1.165, 1.54) is 0 Å². The minimum atomic E-state index is -0.767. The van der Waals surface area contributed by atoms with Gasteiger partial charge in [-0.05, 0) is 5.56 Å². The molecule has 0 amide bonds. The summed E-state index contributed by atoms with van der Waals surface area (Å²) in [6.07, 6.45) is 0. The van der Waals surface area contributed by atoms with E-state index >= 15 is 0 Å². The number of ether oxygens (including phenoxy) is 1. The van der Waals surface area contributed by atoms with Crippen LogP contribution in [0.1, 0.15) is 11.5 Å². The van der Waals surface area contributed by atoms with Crippen LogP contribution in [0.5, 0.6) is 0 Å². The van der Waals surface area contributed by atoms with Crippen LogP contribution in [0.25, 0.3) is 0 Å². The molecule has 1 heterocycles. The van der Waals surface area contributed by atoms with Gasteiger partial charge in [0.15, 0.2) is 0 Å². The number of carboxylic acids is 1. The fraction of sp³-hybridized carbons (Fsp3) is 0.364. The van der Waals surface area contributed by atoms with Gasteiger partial charge in [0, 0.05) is 5.92 Å². The van der Waals surface area contributed by atoms with Crippen LogP contribution < -0.4 is 0 Å². The van der Waals surface area contributed by atoms with Crippen molar-refractivity contribution in [1.29, 1.82) is 0 Å². The normalized spacial score (nSPS) is 26.3. The number of aliphatic carboxylic acids is 1. The van der Waals surface area contributed by atoms with E-state index in [1.54, 1.807) is 0 Å². The lowest BCUT2D eigenvalue weighted by atomic mass is 9.89. The molecule has 1 aromatic carbocycles. The fourth-order valence-corrected chi connectivity index (χ4v) is 1.83. The van der Waals surface area contributed by atoms with Crippen molar-refractivity contribution >= 4 is 5.97 Å². The Morgan fingerprint density at radius 1 is 1.29 bits per heavy atom. The topological polar surface area (TPSA) is 46.5 Å². The summed E-state index contributed by atoms with van der Waals surface area (Å²) in [7, 11) is 0. The number of carboxylic acid groups (broad SMARTS) is 1. The average molecular weight is 192 g/mol. The van der Waals surface area contributed by atoms with Crippen molar-refractivity contribution in [3.63, 3.8) is 0 Å². The third-order valence-electron chi connectivity index (χ3n) is 2.63. The van der Waals surface area contributed by atoms with Crippen LogP contribution >= 0.6 is 0 Å². The molecule has 1 N–H and O–H groups in total. The van der Waals surface area contributed by atoms with Crippen molar-refractivity contribution < 1.29 is 14.6 Å². The Hall–Kier alpha value is -1.35. The van der Waals surface area contributed by atoms with Gasteiger partial charge in [-0.3, -0.25) is 4.79 Å². The van der Waals surface area contributed by atoms with Crippen molar-refractivity contribution in [3.8, 4) is 0 Å². The summed E-state index contributed by atoms with van der Waals surface area (Å²) < 4.78 is 5.20. The maximum atomic E-state index is 10.9. The summed E-state index contributed by atoms with van der Waals surface area (Å²) in [4.78, 5) is 10.9. The van der Waals surface area contributed by atoms with Gasteiger partial charge in [0.05, 0.1) is 19.1 Å². The SMILES string of the molecule is O=C(O)[C@H]1COC[C@H]1c1ccccc1. The minimum absolute atomic E-state index is 0.00806. The number of hydrogen-bond donors (Lipinski definition) is 1. The maximum Gasteiger partial charge on any atom is 0.309 e. The predicted octanol–water partition coefficient (Wildman–Crippen LogP) is 1.50. The smallest absolute Gasteiger partial charge is 0.309 e. The molecule has 74 valence electrons. The van der Waals surface area contributed by atoms with E-state index < -0.39 is 11.9 Å². The number of carbonyl (C=O) groups is 1. The van der Waals surface area contributed by atoms with E-state index in [0.29, 0.717) is 13.2 Å². The van der Waals surface area contributed by atoms with E-state index in [4.69, 9.17) is 9.84 Å². The van der Waals surface area contributed by atoms with Gasteiger partial charge in [-0.1, -0.05) is 30.3 Å². The fourth-order valence-electron chi connectivity index (χ4n) is 1.83.